The first kappa shape index (κ1) is 32.9. The summed E-state index contributed by atoms with van der Waals surface area (Å²) in [7, 11) is 1.27. The van der Waals surface area contributed by atoms with Crippen molar-refractivity contribution < 1.29 is 42.9 Å². The average Bonchev–Trinajstić information content (AvgIpc) is 2.81. The van der Waals surface area contributed by atoms with E-state index in [0.717, 1.165) is 12.8 Å². The number of hydrogen-bond acceptors (Lipinski definition) is 10. The molecule has 1 N–H and O–H groups in total. The summed E-state index contributed by atoms with van der Waals surface area (Å²) < 4.78 is 26.1. The number of rotatable bonds is 16. The van der Waals surface area contributed by atoms with Gasteiger partial charge in [0.2, 0.25) is 0 Å². The largest absolute Gasteiger partial charge is 0.508 e. The molecular weight excluding hydrogens is 494 g/mol. The quantitative estimate of drug-likeness (QED) is 0.181. The molecule has 10 heteroatoms. The lowest BCUT2D eigenvalue weighted by Gasteiger charge is -2.18. The lowest BCUT2D eigenvalue weighted by Crippen LogP contribution is -2.41. The third kappa shape index (κ3) is 13.4. The maximum absolute atomic E-state index is 12.4. The van der Waals surface area contributed by atoms with Crippen LogP contribution in [-0.2, 0) is 35.0 Å². The van der Waals surface area contributed by atoms with Crippen molar-refractivity contribution in [2.24, 2.45) is 11.8 Å². The van der Waals surface area contributed by atoms with Crippen LogP contribution in [-0.4, -0.2) is 56.5 Å². The zero-order valence-corrected chi connectivity index (χ0v) is 23.7. The molecule has 1 aromatic rings. The van der Waals surface area contributed by atoms with Crippen LogP contribution < -0.4 is 14.8 Å². The van der Waals surface area contributed by atoms with Crippen LogP contribution in [0.25, 0.3) is 0 Å². The van der Waals surface area contributed by atoms with Gasteiger partial charge in [-0.2, -0.15) is 0 Å². The molecule has 0 saturated heterocycles. The van der Waals surface area contributed by atoms with Gasteiger partial charge in [0, 0.05) is 19.4 Å². The molecule has 0 aromatic heterocycles. The molecule has 0 heterocycles. The van der Waals surface area contributed by atoms with Gasteiger partial charge in [-0.3, -0.25) is 14.4 Å². The zero-order valence-electron chi connectivity index (χ0n) is 23.7. The Labute approximate surface area is 225 Å². The van der Waals surface area contributed by atoms with E-state index in [4.69, 9.17) is 23.7 Å². The van der Waals surface area contributed by atoms with E-state index in [-0.39, 0.29) is 61.9 Å². The maximum atomic E-state index is 12.4. The minimum absolute atomic E-state index is 0.00597. The number of carbonyl (C=O) groups excluding carboxylic acids is 4. The third-order valence-corrected chi connectivity index (χ3v) is 5.24. The Hall–Kier alpha value is -3.14. The van der Waals surface area contributed by atoms with Crippen LogP contribution in [0.2, 0.25) is 0 Å². The van der Waals surface area contributed by atoms with Gasteiger partial charge < -0.3 is 29.0 Å². The Balaban J connectivity index is 2.92. The summed E-state index contributed by atoms with van der Waals surface area (Å²) >= 11 is 0. The number of esters is 3. The topological polar surface area (TPSA) is 126 Å². The SMILES string of the molecule is CCCC(C)OC(=O)OCCN[C@@H](Cc1ccc(OC(=O)CC(C)C)c(OC(=O)CC(C)C)c1)C(=O)OC. The normalized spacial score (nSPS) is 12.6. The zero-order chi connectivity index (χ0) is 28.7. The molecule has 0 aliphatic rings. The Morgan fingerprint density at radius 3 is 2.05 bits per heavy atom. The first-order valence-electron chi connectivity index (χ1n) is 13.1. The van der Waals surface area contributed by atoms with Gasteiger partial charge in [0.05, 0.1) is 7.11 Å². The number of methoxy groups -OCH3 is 1. The van der Waals surface area contributed by atoms with Gasteiger partial charge in [0.1, 0.15) is 18.8 Å². The molecule has 0 aliphatic carbocycles. The molecule has 2 atom stereocenters. The molecule has 10 nitrogen and oxygen atoms in total. The van der Waals surface area contributed by atoms with Crippen molar-refractivity contribution in [2.75, 3.05) is 20.3 Å². The highest BCUT2D eigenvalue weighted by Crippen LogP contribution is 2.30. The van der Waals surface area contributed by atoms with E-state index in [1.54, 1.807) is 19.1 Å². The lowest BCUT2D eigenvalue weighted by atomic mass is 10.0. The fraction of sp³-hybridized carbons (Fsp3) is 0.643. The summed E-state index contributed by atoms with van der Waals surface area (Å²) in [5.74, 6) is -1.01. The molecule has 0 radical (unpaired) electrons. The van der Waals surface area contributed by atoms with Crippen molar-refractivity contribution >= 4 is 24.1 Å². The molecule has 0 amide bonds. The molecular formula is C28H43NO9. The van der Waals surface area contributed by atoms with Gasteiger partial charge in [0.15, 0.2) is 11.5 Å². The lowest BCUT2D eigenvalue weighted by molar-refractivity contribution is -0.143. The van der Waals surface area contributed by atoms with Crippen LogP contribution in [0, 0.1) is 11.8 Å². The van der Waals surface area contributed by atoms with Crippen molar-refractivity contribution in [2.45, 2.75) is 85.8 Å². The van der Waals surface area contributed by atoms with Crippen LogP contribution in [0.4, 0.5) is 4.79 Å². The molecule has 38 heavy (non-hydrogen) atoms. The molecule has 0 bridgehead atoms. The Morgan fingerprint density at radius 1 is 0.895 bits per heavy atom. The Kier molecular flexibility index (Phi) is 15.0. The summed E-state index contributed by atoms with van der Waals surface area (Å²) in [6, 6.07) is 4.01. The van der Waals surface area contributed by atoms with Gasteiger partial charge in [-0.1, -0.05) is 47.1 Å². The fourth-order valence-electron chi connectivity index (χ4n) is 3.49. The van der Waals surface area contributed by atoms with Crippen molar-refractivity contribution in [3.05, 3.63) is 23.8 Å². The third-order valence-electron chi connectivity index (χ3n) is 5.24. The number of hydrogen-bond donors (Lipinski definition) is 1. The second-order valence-electron chi connectivity index (χ2n) is 9.97. The Morgan fingerprint density at radius 2 is 1.50 bits per heavy atom. The van der Waals surface area contributed by atoms with E-state index in [1.807, 2.05) is 34.6 Å². The maximum Gasteiger partial charge on any atom is 0.508 e. The number of ether oxygens (including phenoxy) is 5. The monoisotopic (exact) mass is 537 g/mol. The predicted molar refractivity (Wildman–Crippen MR) is 141 cm³/mol. The van der Waals surface area contributed by atoms with E-state index in [9.17, 15) is 19.2 Å². The van der Waals surface area contributed by atoms with E-state index in [2.05, 4.69) is 5.32 Å². The molecule has 214 valence electrons. The highest BCUT2D eigenvalue weighted by atomic mass is 16.7. The van der Waals surface area contributed by atoms with Crippen LogP contribution in [0.15, 0.2) is 18.2 Å². The van der Waals surface area contributed by atoms with Crippen molar-refractivity contribution in [1.29, 1.82) is 0 Å². The standard InChI is InChI=1S/C28H43NO9/c1-8-9-20(6)36-28(33)35-13-12-29-22(27(32)34-7)16-21-10-11-23(37-25(30)14-18(2)3)24(17-21)38-26(31)15-19(4)5/h10-11,17-20,22,29H,8-9,12-16H2,1-7H3/t20?,22-/m0/s1. The summed E-state index contributed by atoms with van der Waals surface area (Å²) in [4.78, 5) is 48.8. The summed E-state index contributed by atoms with van der Waals surface area (Å²) in [6.07, 6.45) is 1.20. The molecule has 0 aliphatic heterocycles. The number of nitrogens with one attached hydrogen (secondary N) is 1. The van der Waals surface area contributed by atoms with E-state index < -0.39 is 30.1 Å². The predicted octanol–water partition coefficient (Wildman–Crippen LogP) is 4.61. The highest BCUT2D eigenvalue weighted by Gasteiger charge is 2.22. The minimum atomic E-state index is -0.771. The van der Waals surface area contributed by atoms with Gasteiger partial charge in [-0.25, -0.2) is 4.79 Å². The van der Waals surface area contributed by atoms with Crippen molar-refractivity contribution in [3.63, 3.8) is 0 Å². The van der Waals surface area contributed by atoms with Crippen LogP contribution in [0.1, 0.15) is 72.8 Å². The van der Waals surface area contributed by atoms with Gasteiger partial charge in [-0.15, -0.1) is 0 Å². The fourth-order valence-corrected chi connectivity index (χ4v) is 3.49. The number of carbonyl (C=O) groups is 4. The van der Waals surface area contributed by atoms with Crippen LogP contribution in [0.3, 0.4) is 0 Å². The summed E-state index contributed by atoms with van der Waals surface area (Å²) in [5.41, 5.74) is 0.637. The number of benzene rings is 1. The van der Waals surface area contributed by atoms with Gasteiger partial charge in [0.25, 0.3) is 0 Å². The van der Waals surface area contributed by atoms with Crippen LogP contribution in [0.5, 0.6) is 11.5 Å². The first-order valence-corrected chi connectivity index (χ1v) is 13.1. The molecule has 0 saturated carbocycles. The van der Waals surface area contributed by atoms with Gasteiger partial charge >= 0.3 is 24.1 Å². The first-order chi connectivity index (χ1) is 17.9. The summed E-state index contributed by atoms with van der Waals surface area (Å²) in [5, 5.41) is 3.01. The smallest absolute Gasteiger partial charge is 0.468 e. The van der Waals surface area contributed by atoms with Crippen molar-refractivity contribution in [1.82, 2.24) is 5.32 Å². The highest BCUT2D eigenvalue weighted by molar-refractivity contribution is 5.77. The minimum Gasteiger partial charge on any atom is -0.468 e. The van der Waals surface area contributed by atoms with Crippen molar-refractivity contribution in [3.8, 4) is 11.5 Å². The average molecular weight is 538 g/mol. The van der Waals surface area contributed by atoms with E-state index in [0.29, 0.717) is 5.56 Å². The molecule has 1 rings (SSSR count). The second kappa shape index (κ2) is 17.4. The van der Waals surface area contributed by atoms with Gasteiger partial charge in [-0.05, 0) is 49.3 Å². The molecule has 0 spiro atoms. The van der Waals surface area contributed by atoms with Crippen LogP contribution >= 0.6 is 0 Å². The molecule has 0 fully saturated rings. The Bertz CT molecular complexity index is 914. The van der Waals surface area contributed by atoms with E-state index >= 15 is 0 Å². The second-order valence-corrected chi connectivity index (χ2v) is 9.97. The molecule has 1 aromatic carbocycles. The summed E-state index contributed by atoms with van der Waals surface area (Å²) in [6.45, 7) is 11.5. The van der Waals surface area contributed by atoms with E-state index in [1.165, 1.54) is 13.2 Å². The molecule has 1 unspecified atom stereocenters.